The van der Waals surface area contributed by atoms with Crippen LogP contribution in [0.4, 0.5) is 23.5 Å². The Hall–Kier alpha value is -4.82. The quantitative estimate of drug-likeness (QED) is 0.275. The standard InChI is InChI=1S/C28H21F4N5O4S/c1-41-25-24(42(34,39)40)14-18(22(35-25)12-15-5-4-6-17(29)11-15)16-9-10-21-19(13-16)26(38)37(27(33)36-21)23-8-3-2-7-20(23)28(30,31)32/h2-11,13-14H,12H2,1H3,(H2,33,36)(H2,34,39,40). The van der Waals surface area contributed by atoms with Crippen LogP contribution in [-0.4, -0.2) is 30.1 Å². The van der Waals surface area contributed by atoms with Crippen LogP contribution in [0.2, 0.25) is 0 Å². The number of hydrogen-bond donors (Lipinski definition) is 2. The number of nitrogens with zero attached hydrogens (tertiary/aromatic N) is 3. The summed E-state index contributed by atoms with van der Waals surface area (Å²) >= 11 is 0. The van der Waals surface area contributed by atoms with Gasteiger partial charge < -0.3 is 10.5 Å². The molecule has 0 unspecified atom stereocenters. The highest BCUT2D eigenvalue weighted by Gasteiger charge is 2.34. The Morgan fingerprint density at radius 1 is 0.976 bits per heavy atom. The van der Waals surface area contributed by atoms with Crippen LogP contribution in [0.15, 0.2) is 82.5 Å². The van der Waals surface area contributed by atoms with Crippen LogP contribution in [0.5, 0.6) is 5.88 Å². The topological polar surface area (TPSA) is 143 Å². The van der Waals surface area contributed by atoms with Crippen molar-refractivity contribution in [1.29, 1.82) is 0 Å². The first-order valence-electron chi connectivity index (χ1n) is 12.1. The number of nitrogens with two attached hydrogens (primary N) is 2. The number of fused-ring (bicyclic) bond motifs is 1. The fourth-order valence-corrected chi connectivity index (χ4v) is 5.25. The molecule has 0 aliphatic heterocycles. The lowest BCUT2D eigenvalue weighted by atomic mass is 9.98. The van der Waals surface area contributed by atoms with Gasteiger partial charge in [-0.1, -0.05) is 30.3 Å². The monoisotopic (exact) mass is 599 g/mol. The highest BCUT2D eigenvalue weighted by atomic mass is 32.2. The summed E-state index contributed by atoms with van der Waals surface area (Å²) in [7, 11) is -3.13. The normalized spacial score (nSPS) is 12.0. The molecule has 14 heteroatoms. The van der Waals surface area contributed by atoms with Crippen molar-refractivity contribution < 1.29 is 30.7 Å². The number of nitrogen functional groups attached to an aromatic ring is 1. The van der Waals surface area contributed by atoms with Gasteiger partial charge in [0.25, 0.3) is 5.56 Å². The Labute approximate surface area is 236 Å². The Balaban J connectivity index is 1.77. The number of aromatic nitrogens is 3. The van der Waals surface area contributed by atoms with Gasteiger partial charge in [-0.2, -0.15) is 13.2 Å². The van der Waals surface area contributed by atoms with Crippen molar-refractivity contribution in [2.45, 2.75) is 17.5 Å². The summed E-state index contributed by atoms with van der Waals surface area (Å²) in [6.07, 6.45) is -4.76. The molecule has 0 saturated heterocycles. The van der Waals surface area contributed by atoms with E-state index in [2.05, 4.69) is 9.97 Å². The van der Waals surface area contributed by atoms with Gasteiger partial charge in [-0.3, -0.25) is 4.79 Å². The molecule has 0 atom stereocenters. The fraction of sp³-hybridized carbons (Fsp3) is 0.107. The molecule has 42 heavy (non-hydrogen) atoms. The molecule has 216 valence electrons. The van der Waals surface area contributed by atoms with Crippen molar-refractivity contribution in [1.82, 2.24) is 14.5 Å². The molecule has 0 aliphatic carbocycles. The van der Waals surface area contributed by atoms with E-state index >= 15 is 0 Å². The molecular formula is C28H21F4N5O4S. The van der Waals surface area contributed by atoms with Crippen LogP contribution in [0.3, 0.4) is 0 Å². The van der Waals surface area contributed by atoms with Crippen LogP contribution in [-0.2, 0) is 22.6 Å². The SMILES string of the molecule is COc1nc(Cc2cccc(F)c2)c(-c2ccc3nc(N)n(-c4ccccc4C(F)(F)F)c(=O)c3c2)cc1S(N)(=O)=O. The minimum Gasteiger partial charge on any atom is -0.480 e. The summed E-state index contributed by atoms with van der Waals surface area (Å²) < 4.78 is 85.8. The summed E-state index contributed by atoms with van der Waals surface area (Å²) in [4.78, 5) is 21.7. The van der Waals surface area contributed by atoms with Gasteiger partial charge in [0.1, 0.15) is 10.7 Å². The van der Waals surface area contributed by atoms with Gasteiger partial charge in [0, 0.05) is 12.0 Å². The summed E-state index contributed by atoms with van der Waals surface area (Å²) in [6, 6.07) is 15.5. The number of ether oxygens (including phenoxy) is 1. The molecule has 0 spiro atoms. The van der Waals surface area contributed by atoms with E-state index in [9.17, 15) is 30.8 Å². The molecule has 0 amide bonds. The van der Waals surface area contributed by atoms with E-state index in [0.29, 0.717) is 10.1 Å². The molecule has 0 bridgehead atoms. The number of methoxy groups -OCH3 is 1. The number of sulfonamides is 1. The molecular weight excluding hydrogens is 578 g/mol. The maximum Gasteiger partial charge on any atom is 0.418 e. The second kappa shape index (κ2) is 10.5. The highest BCUT2D eigenvalue weighted by Crippen LogP contribution is 2.35. The number of primary sulfonamides is 1. The van der Waals surface area contributed by atoms with Gasteiger partial charge in [0.2, 0.25) is 21.9 Å². The Morgan fingerprint density at radius 2 is 1.71 bits per heavy atom. The van der Waals surface area contributed by atoms with E-state index in [-0.39, 0.29) is 40.0 Å². The van der Waals surface area contributed by atoms with E-state index in [1.165, 1.54) is 61.7 Å². The molecule has 5 aromatic rings. The first kappa shape index (κ1) is 28.7. The number of pyridine rings is 1. The van der Waals surface area contributed by atoms with Crippen LogP contribution in [0.1, 0.15) is 16.8 Å². The predicted molar refractivity (Wildman–Crippen MR) is 147 cm³/mol. The maximum atomic E-state index is 13.9. The van der Waals surface area contributed by atoms with Gasteiger partial charge in [0.05, 0.1) is 35.0 Å². The lowest BCUT2D eigenvalue weighted by Gasteiger charge is -2.17. The number of alkyl halides is 3. The maximum absolute atomic E-state index is 13.9. The molecule has 4 N–H and O–H groups in total. The van der Waals surface area contributed by atoms with Crippen LogP contribution < -0.4 is 21.2 Å². The van der Waals surface area contributed by atoms with E-state index in [1.54, 1.807) is 6.07 Å². The van der Waals surface area contributed by atoms with E-state index in [4.69, 9.17) is 15.6 Å². The molecule has 0 aliphatic rings. The Kier molecular flexibility index (Phi) is 7.20. The lowest BCUT2D eigenvalue weighted by molar-refractivity contribution is -0.137. The van der Waals surface area contributed by atoms with Crippen molar-refractivity contribution in [2.75, 3.05) is 12.8 Å². The number of rotatable bonds is 6. The fourth-order valence-electron chi connectivity index (χ4n) is 4.60. The summed E-state index contributed by atoms with van der Waals surface area (Å²) in [6.45, 7) is 0. The molecule has 2 aromatic heterocycles. The molecule has 0 fully saturated rings. The van der Waals surface area contributed by atoms with E-state index < -0.39 is 49.7 Å². The van der Waals surface area contributed by atoms with Crippen molar-refractivity contribution in [2.24, 2.45) is 5.14 Å². The van der Waals surface area contributed by atoms with Crippen LogP contribution in [0.25, 0.3) is 27.7 Å². The van der Waals surface area contributed by atoms with Crippen LogP contribution in [0, 0.1) is 5.82 Å². The van der Waals surface area contributed by atoms with E-state index in [0.717, 1.165) is 12.1 Å². The summed E-state index contributed by atoms with van der Waals surface area (Å²) in [5.41, 5.74) is 4.74. The predicted octanol–water partition coefficient (Wildman–Crippen LogP) is 4.43. The Morgan fingerprint density at radius 3 is 2.38 bits per heavy atom. The van der Waals surface area contributed by atoms with Gasteiger partial charge in [-0.05, 0) is 53.6 Å². The van der Waals surface area contributed by atoms with Gasteiger partial charge in [-0.15, -0.1) is 0 Å². The zero-order chi connectivity index (χ0) is 30.4. The van der Waals surface area contributed by atoms with Crippen molar-refractivity contribution >= 4 is 26.9 Å². The zero-order valence-electron chi connectivity index (χ0n) is 21.7. The number of para-hydroxylation sites is 1. The molecule has 9 nitrogen and oxygen atoms in total. The van der Waals surface area contributed by atoms with Crippen molar-refractivity contribution in [3.05, 3.63) is 106 Å². The van der Waals surface area contributed by atoms with Gasteiger partial charge >= 0.3 is 6.18 Å². The highest BCUT2D eigenvalue weighted by molar-refractivity contribution is 7.89. The third-order valence-electron chi connectivity index (χ3n) is 6.45. The smallest absolute Gasteiger partial charge is 0.418 e. The number of benzene rings is 3. The zero-order valence-corrected chi connectivity index (χ0v) is 22.5. The first-order valence-corrected chi connectivity index (χ1v) is 13.7. The Bertz CT molecular complexity index is 2030. The second-order valence-corrected chi connectivity index (χ2v) is 10.7. The second-order valence-electron chi connectivity index (χ2n) is 9.20. The lowest BCUT2D eigenvalue weighted by Crippen LogP contribution is -2.25. The van der Waals surface area contributed by atoms with Gasteiger partial charge in [0.15, 0.2) is 0 Å². The van der Waals surface area contributed by atoms with E-state index in [1.807, 2.05) is 0 Å². The number of halogens is 4. The molecule has 2 heterocycles. The molecule has 3 aromatic carbocycles. The molecule has 0 saturated carbocycles. The number of hydrogen-bond acceptors (Lipinski definition) is 7. The third kappa shape index (κ3) is 5.41. The summed E-state index contributed by atoms with van der Waals surface area (Å²) in [5, 5.41) is 5.29. The summed E-state index contributed by atoms with van der Waals surface area (Å²) in [5.74, 6) is -1.27. The largest absolute Gasteiger partial charge is 0.480 e. The molecule has 5 rings (SSSR count). The van der Waals surface area contributed by atoms with Crippen molar-refractivity contribution in [3.8, 4) is 22.7 Å². The van der Waals surface area contributed by atoms with Crippen LogP contribution >= 0.6 is 0 Å². The van der Waals surface area contributed by atoms with Gasteiger partial charge in [-0.25, -0.2) is 32.5 Å². The number of anilines is 1. The minimum atomic E-state index is -4.79. The molecule has 0 radical (unpaired) electrons. The average molecular weight is 600 g/mol. The average Bonchev–Trinajstić information content (AvgIpc) is 2.92. The van der Waals surface area contributed by atoms with Crippen molar-refractivity contribution in [3.63, 3.8) is 0 Å². The first-order chi connectivity index (χ1) is 19.8. The minimum absolute atomic E-state index is 0.0234. The third-order valence-corrected chi connectivity index (χ3v) is 7.36.